The lowest BCUT2D eigenvalue weighted by Crippen LogP contribution is -2.27. The monoisotopic (exact) mass is 383 g/mol. The van der Waals surface area contributed by atoms with Crippen molar-refractivity contribution < 1.29 is 19.4 Å². The first-order valence-electron chi connectivity index (χ1n) is 6.49. The maximum atomic E-state index is 12.2. The van der Waals surface area contributed by atoms with Crippen LogP contribution in [-0.4, -0.2) is 34.3 Å². The van der Waals surface area contributed by atoms with Gasteiger partial charge in [0.1, 0.15) is 0 Å². The molecule has 1 saturated heterocycles. The Morgan fingerprint density at radius 1 is 1.45 bits per heavy atom. The van der Waals surface area contributed by atoms with E-state index in [9.17, 15) is 14.7 Å². The van der Waals surface area contributed by atoms with Crippen LogP contribution in [0, 0.1) is 0 Å². The Morgan fingerprint density at radius 3 is 2.82 bits per heavy atom. The molecule has 0 spiro atoms. The molecule has 1 aliphatic rings. The van der Waals surface area contributed by atoms with Gasteiger partial charge >= 0.3 is 0 Å². The molecule has 1 fully saturated rings. The molecule has 116 valence electrons. The number of amides is 2. The second kappa shape index (κ2) is 7.02. The van der Waals surface area contributed by atoms with Gasteiger partial charge in [0, 0.05) is 11.0 Å². The maximum Gasteiger partial charge on any atom is 0.293 e. The maximum absolute atomic E-state index is 12.2. The quantitative estimate of drug-likeness (QED) is 0.618. The minimum Gasteiger partial charge on any atom is -0.504 e. The first-order chi connectivity index (χ1) is 10.5. The molecule has 1 heterocycles. The average molecular weight is 384 g/mol. The van der Waals surface area contributed by atoms with E-state index in [1.807, 2.05) is 6.92 Å². The summed E-state index contributed by atoms with van der Waals surface area (Å²) in [7, 11) is 0. The van der Waals surface area contributed by atoms with Gasteiger partial charge in [-0.05, 0) is 42.5 Å². The molecule has 1 aliphatic heterocycles. The molecule has 1 N–H and O–H groups in total. The number of thioether (sulfide) groups is 1. The molecule has 2 amide bonds. The first-order valence-corrected chi connectivity index (χ1v) is 8.10. The lowest BCUT2D eigenvalue weighted by Gasteiger charge is -2.09. The summed E-state index contributed by atoms with van der Waals surface area (Å²) in [5, 5.41) is 9.47. The van der Waals surface area contributed by atoms with E-state index in [2.05, 4.69) is 22.5 Å². The minimum atomic E-state index is -0.354. The number of carbonyl (C=O) groups is 2. The zero-order valence-corrected chi connectivity index (χ0v) is 14.2. The van der Waals surface area contributed by atoms with E-state index in [0.29, 0.717) is 27.3 Å². The third kappa shape index (κ3) is 3.36. The Bertz CT molecular complexity index is 672. The molecule has 1 aromatic rings. The summed E-state index contributed by atoms with van der Waals surface area (Å²) in [6.45, 7) is 5.93. The number of hydrogen-bond donors (Lipinski definition) is 1. The van der Waals surface area contributed by atoms with Gasteiger partial charge in [0.25, 0.3) is 11.1 Å². The summed E-state index contributed by atoms with van der Waals surface area (Å²) < 4.78 is 5.92. The highest BCUT2D eigenvalue weighted by Crippen LogP contribution is 2.37. The summed E-state index contributed by atoms with van der Waals surface area (Å²) in [4.78, 5) is 25.4. The Balaban J connectivity index is 2.37. The fourth-order valence-electron chi connectivity index (χ4n) is 1.87. The Kier molecular flexibility index (Phi) is 5.31. The van der Waals surface area contributed by atoms with Crippen molar-refractivity contribution in [3.63, 3.8) is 0 Å². The van der Waals surface area contributed by atoms with Gasteiger partial charge in [0.2, 0.25) is 0 Å². The summed E-state index contributed by atoms with van der Waals surface area (Å²) >= 11 is 4.20. The number of aromatic hydroxyl groups is 1. The Hall–Kier alpha value is -1.73. The van der Waals surface area contributed by atoms with Crippen molar-refractivity contribution in [2.75, 3.05) is 13.2 Å². The predicted octanol–water partition coefficient (Wildman–Crippen LogP) is 3.78. The smallest absolute Gasteiger partial charge is 0.293 e. The van der Waals surface area contributed by atoms with Crippen molar-refractivity contribution in [1.82, 2.24) is 4.90 Å². The van der Waals surface area contributed by atoms with Crippen LogP contribution in [0.2, 0.25) is 0 Å². The van der Waals surface area contributed by atoms with E-state index in [0.717, 1.165) is 16.7 Å². The topological polar surface area (TPSA) is 66.8 Å². The highest BCUT2D eigenvalue weighted by atomic mass is 79.9. The van der Waals surface area contributed by atoms with E-state index in [1.165, 1.54) is 12.1 Å². The molecule has 0 unspecified atom stereocenters. The van der Waals surface area contributed by atoms with E-state index in [4.69, 9.17) is 4.74 Å². The van der Waals surface area contributed by atoms with Gasteiger partial charge in [0.15, 0.2) is 11.5 Å². The predicted molar refractivity (Wildman–Crippen MR) is 89.8 cm³/mol. The molecule has 22 heavy (non-hydrogen) atoms. The number of rotatable bonds is 5. The van der Waals surface area contributed by atoms with Gasteiger partial charge in [-0.3, -0.25) is 14.5 Å². The van der Waals surface area contributed by atoms with Crippen molar-refractivity contribution in [3.8, 4) is 11.5 Å². The fraction of sp³-hybridized carbons (Fsp3) is 0.200. The third-order valence-electron chi connectivity index (χ3n) is 2.85. The Morgan fingerprint density at radius 2 is 2.18 bits per heavy atom. The molecule has 1 aromatic carbocycles. The Labute approximate surface area is 140 Å². The number of imide groups is 1. The van der Waals surface area contributed by atoms with Gasteiger partial charge in [0.05, 0.1) is 11.5 Å². The van der Waals surface area contributed by atoms with Crippen molar-refractivity contribution in [1.29, 1.82) is 0 Å². The number of halogens is 1. The molecule has 7 heteroatoms. The summed E-state index contributed by atoms with van der Waals surface area (Å²) in [6.07, 6.45) is 3.10. The van der Waals surface area contributed by atoms with Crippen molar-refractivity contribution in [2.24, 2.45) is 0 Å². The number of phenols is 1. The van der Waals surface area contributed by atoms with Gasteiger partial charge in [-0.1, -0.05) is 22.0 Å². The van der Waals surface area contributed by atoms with Gasteiger partial charge < -0.3 is 9.84 Å². The van der Waals surface area contributed by atoms with Crippen LogP contribution < -0.4 is 4.74 Å². The lowest BCUT2D eigenvalue weighted by atomic mass is 10.2. The van der Waals surface area contributed by atoms with Crippen molar-refractivity contribution >= 4 is 44.9 Å². The highest BCUT2D eigenvalue weighted by molar-refractivity contribution is 9.10. The standard InChI is InChI=1S/C15H14BrNO4S/c1-3-5-17-14(19)13(22-15(17)20)7-9-6-12(21-4-2)11(18)8-10(9)16/h3,6-8,18H,1,4-5H2,2H3/b13-7+. The van der Waals surface area contributed by atoms with Gasteiger partial charge in [-0.25, -0.2) is 0 Å². The van der Waals surface area contributed by atoms with Crippen molar-refractivity contribution in [2.45, 2.75) is 6.92 Å². The molecular weight excluding hydrogens is 370 g/mol. The second-order valence-electron chi connectivity index (χ2n) is 4.36. The third-order valence-corrected chi connectivity index (χ3v) is 4.44. The fourth-order valence-corrected chi connectivity index (χ4v) is 3.15. The number of carbonyl (C=O) groups excluding carboxylic acids is 2. The molecule has 2 rings (SSSR count). The zero-order chi connectivity index (χ0) is 16.3. The largest absolute Gasteiger partial charge is 0.504 e. The highest BCUT2D eigenvalue weighted by Gasteiger charge is 2.34. The summed E-state index contributed by atoms with van der Waals surface area (Å²) in [5.74, 6) is -0.0271. The number of nitrogens with zero attached hydrogens (tertiary/aromatic N) is 1. The molecule has 0 atom stereocenters. The van der Waals surface area contributed by atoms with Crippen LogP contribution in [0.4, 0.5) is 4.79 Å². The van der Waals surface area contributed by atoms with Crippen LogP contribution >= 0.6 is 27.7 Å². The molecule has 0 saturated carbocycles. The second-order valence-corrected chi connectivity index (χ2v) is 6.20. The van der Waals surface area contributed by atoms with Crippen LogP contribution in [0.5, 0.6) is 11.5 Å². The van der Waals surface area contributed by atoms with Gasteiger partial charge in [-0.15, -0.1) is 6.58 Å². The average Bonchev–Trinajstić information content (AvgIpc) is 2.72. The first kappa shape index (κ1) is 16.6. The zero-order valence-electron chi connectivity index (χ0n) is 11.8. The number of ether oxygens (including phenoxy) is 1. The number of hydrogen-bond acceptors (Lipinski definition) is 5. The summed E-state index contributed by atoms with van der Waals surface area (Å²) in [5.41, 5.74) is 0.644. The number of benzene rings is 1. The van der Waals surface area contributed by atoms with Crippen LogP contribution in [0.15, 0.2) is 34.2 Å². The van der Waals surface area contributed by atoms with Crippen molar-refractivity contribution in [3.05, 3.63) is 39.7 Å². The van der Waals surface area contributed by atoms with E-state index in [-0.39, 0.29) is 23.4 Å². The molecule has 0 aliphatic carbocycles. The lowest BCUT2D eigenvalue weighted by molar-refractivity contribution is -0.122. The summed E-state index contributed by atoms with van der Waals surface area (Å²) in [6, 6.07) is 3.11. The van der Waals surface area contributed by atoms with E-state index in [1.54, 1.807) is 12.1 Å². The van der Waals surface area contributed by atoms with E-state index >= 15 is 0 Å². The SMILES string of the molecule is C=CCN1C(=O)S/C(=C/c2cc(OCC)c(O)cc2Br)C1=O. The molecule has 0 radical (unpaired) electrons. The van der Waals surface area contributed by atoms with Gasteiger partial charge in [-0.2, -0.15) is 0 Å². The normalized spacial score (nSPS) is 16.5. The molecular formula is C15H14BrNO4S. The molecule has 5 nitrogen and oxygen atoms in total. The molecule has 0 bridgehead atoms. The van der Waals surface area contributed by atoms with Crippen LogP contribution in [0.25, 0.3) is 6.08 Å². The van der Waals surface area contributed by atoms with E-state index < -0.39 is 0 Å². The van der Waals surface area contributed by atoms with Crippen LogP contribution in [-0.2, 0) is 4.79 Å². The molecule has 0 aromatic heterocycles. The minimum absolute atomic E-state index is 0.00522. The van der Waals surface area contributed by atoms with Crippen LogP contribution in [0.1, 0.15) is 12.5 Å². The number of phenolic OH excluding ortho intramolecular Hbond substituents is 1. The van der Waals surface area contributed by atoms with Crippen LogP contribution in [0.3, 0.4) is 0 Å².